The summed E-state index contributed by atoms with van der Waals surface area (Å²) in [6.45, 7) is 3.70. The van der Waals surface area contributed by atoms with Crippen molar-refractivity contribution >= 4 is 39.0 Å². The van der Waals surface area contributed by atoms with Crippen LogP contribution in [0.1, 0.15) is 17.0 Å². The van der Waals surface area contributed by atoms with E-state index in [9.17, 15) is 0 Å². The first-order valence-electron chi connectivity index (χ1n) is 5.48. The molecule has 6 heteroatoms. The van der Waals surface area contributed by atoms with Crippen molar-refractivity contribution in [2.45, 2.75) is 13.8 Å². The monoisotopic (exact) mass is 336 g/mol. The second-order valence-corrected chi connectivity index (χ2v) is 5.23. The van der Waals surface area contributed by atoms with Crippen molar-refractivity contribution in [2.24, 2.45) is 0 Å². The summed E-state index contributed by atoms with van der Waals surface area (Å²) >= 11 is 9.38. The third-order valence-electron chi connectivity index (χ3n) is 2.62. The van der Waals surface area contributed by atoms with Gasteiger partial charge in [0.1, 0.15) is 6.07 Å². The summed E-state index contributed by atoms with van der Waals surface area (Å²) in [5.74, 6) is 0.448. The minimum atomic E-state index is 0.287. The Bertz CT molecular complexity index is 679. The van der Waals surface area contributed by atoms with Gasteiger partial charge in [-0.1, -0.05) is 27.5 Å². The predicted molar refractivity (Wildman–Crippen MR) is 78.7 cm³/mol. The van der Waals surface area contributed by atoms with Gasteiger partial charge in [0.15, 0.2) is 11.0 Å². The molecule has 4 nitrogen and oxygen atoms in total. The Morgan fingerprint density at radius 1 is 1.26 bits per heavy atom. The molecule has 1 aromatic carbocycles. The van der Waals surface area contributed by atoms with Crippen LogP contribution in [-0.4, -0.2) is 9.97 Å². The van der Waals surface area contributed by atoms with Crippen molar-refractivity contribution in [3.8, 4) is 6.07 Å². The van der Waals surface area contributed by atoms with Crippen molar-refractivity contribution < 1.29 is 0 Å². The molecule has 2 aromatic rings. The second-order valence-electron chi connectivity index (χ2n) is 3.96. The van der Waals surface area contributed by atoms with Gasteiger partial charge in [0.25, 0.3) is 0 Å². The van der Waals surface area contributed by atoms with E-state index in [2.05, 4.69) is 37.3 Å². The average molecular weight is 338 g/mol. The maximum absolute atomic E-state index is 9.11. The second kappa shape index (κ2) is 5.55. The van der Waals surface area contributed by atoms with Gasteiger partial charge < -0.3 is 5.32 Å². The van der Waals surface area contributed by atoms with Crippen LogP contribution in [0.4, 0.5) is 11.5 Å². The molecular weight excluding hydrogens is 328 g/mol. The van der Waals surface area contributed by atoms with E-state index in [1.54, 1.807) is 12.1 Å². The van der Waals surface area contributed by atoms with E-state index in [1.807, 2.05) is 19.9 Å². The number of aromatic nitrogens is 2. The molecule has 0 atom stereocenters. The number of rotatable bonds is 2. The zero-order valence-corrected chi connectivity index (χ0v) is 12.7. The van der Waals surface area contributed by atoms with Crippen LogP contribution in [-0.2, 0) is 0 Å². The van der Waals surface area contributed by atoms with E-state index in [-0.39, 0.29) is 5.15 Å². The SMILES string of the molecule is Cc1nc(Cl)c(Nc2ccc(Br)cc2C#N)nc1C. The number of aryl methyl sites for hydroxylation is 2. The Kier molecular flexibility index (Phi) is 4.03. The first-order chi connectivity index (χ1) is 9.01. The Morgan fingerprint density at radius 3 is 2.63 bits per heavy atom. The fraction of sp³-hybridized carbons (Fsp3) is 0.154. The molecule has 96 valence electrons. The highest BCUT2D eigenvalue weighted by Crippen LogP contribution is 2.26. The minimum Gasteiger partial charge on any atom is -0.337 e. The van der Waals surface area contributed by atoms with Crippen LogP contribution in [0.5, 0.6) is 0 Å². The van der Waals surface area contributed by atoms with Crippen molar-refractivity contribution in [3.05, 3.63) is 44.8 Å². The number of halogens is 2. The van der Waals surface area contributed by atoms with E-state index < -0.39 is 0 Å². The van der Waals surface area contributed by atoms with Gasteiger partial charge >= 0.3 is 0 Å². The number of nitriles is 1. The molecule has 1 heterocycles. The number of benzene rings is 1. The lowest BCUT2D eigenvalue weighted by Crippen LogP contribution is -2.02. The van der Waals surface area contributed by atoms with Crippen LogP contribution < -0.4 is 5.32 Å². The molecule has 0 saturated carbocycles. The number of hydrogen-bond donors (Lipinski definition) is 1. The number of hydrogen-bond acceptors (Lipinski definition) is 4. The fourth-order valence-corrected chi connectivity index (χ4v) is 2.08. The van der Waals surface area contributed by atoms with Gasteiger partial charge in [-0.15, -0.1) is 0 Å². The Labute approximate surface area is 124 Å². The van der Waals surface area contributed by atoms with Crippen molar-refractivity contribution in [2.75, 3.05) is 5.32 Å². The molecule has 0 aliphatic rings. The molecule has 0 aliphatic heterocycles. The van der Waals surface area contributed by atoms with Gasteiger partial charge in [0.05, 0.1) is 22.6 Å². The van der Waals surface area contributed by atoms with Crippen LogP contribution in [0.3, 0.4) is 0 Å². The van der Waals surface area contributed by atoms with E-state index in [0.717, 1.165) is 15.9 Å². The van der Waals surface area contributed by atoms with Crippen molar-refractivity contribution in [1.82, 2.24) is 9.97 Å². The zero-order valence-electron chi connectivity index (χ0n) is 10.3. The predicted octanol–water partition coefficient (Wildman–Crippen LogP) is 4.12. The molecule has 2 rings (SSSR count). The Balaban J connectivity index is 2.42. The molecule has 0 radical (unpaired) electrons. The van der Waals surface area contributed by atoms with Crippen LogP contribution in [0.2, 0.25) is 5.15 Å². The molecule has 0 spiro atoms. The van der Waals surface area contributed by atoms with Gasteiger partial charge in [0.2, 0.25) is 0 Å². The molecule has 0 aliphatic carbocycles. The first kappa shape index (κ1) is 13.8. The maximum Gasteiger partial charge on any atom is 0.172 e. The normalized spacial score (nSPS) is 10.1. The summed E-state index contributed by atoms with van der Waals surface area (Å²) in [7, 11) is 0. The third kappa shape index (κ3) is 3.03. The highest BCUT2D eigenvalue weighted by atomic mass is 79.9. The molecule has 0 fully saturated rings. The lowest BCUT2D eigenvalue weighted by atomic mass is 10.2. The third-order valence-corrected chi connectivity index (χ3v) is 3.38. The molecule has 0 bridgehead atoms. The number of anilines is 2. The maximum atomic E-state index is 9.11. The van der Waals surface area contributed by atoms with Gasteiger partial charge in [-0.05, 0) is 32.0 Å². The standard InChI is InChI=1S/C13H10BrClN4/c1-7-8(2)18-13(12(15)17-7)19-11-4-3-10(14)5-9(11)6-16/h3-5H,1-2H3,(H,18,19). The Morgan fingerprint density at radius 2 is 1.95 bits per heavy atom. The molecule has 1 N–H and O–H groups in total. The largest absolute Gasteiger partial charge is 0.337 e. The fourth-order valence-electron chi connectivity index (χ4n) is 1.50. The molecule has 0 saturated heterocycles. The van der Waals surface area contributed by atoms with Gasteiger partial charge in [-0.3, -0.25) is 0 Å². The summed E-state index contributed by atoms with van der Waals surface area (Å²) in [5, 5.41) is 12.4. The summed E-state index contributed by atoms with van der Waals surface area (Å²) in [4.78, 5) is 8.53. The van der Waals surface area contributed by atoms with E-state index >= 15 is 0 Å². The van der Waals surface area contributed by atoms with Gasteiger partial charge in [-0.25, -0.2) is 9.97 Å². The topological polar surface area (TPSA) is 61.6 Å². The van der Waals surface area contributed by atoms with E-state index in [4.69, 9.17) is 16.9 Å². The Hall–Kier alpha value is -1.64. The summed E-state index contributed by atoms with van der Waals surface area (Å²) in [5.41, 5.74) is 2.73. The van der Waals surface area contributed by atoms with E-state index in [0.29, 0.717) is 17.1 Å². The van der Waals surface area contributed by atoms with Crippen LogP contribution >= 0.6 is 27.5 Å². The molecular formula is C13H10BrClN4. The van der Waals surface area contributed by atoms with Crippen LogP contribution in [0.15, 0.2) is 22.7 Å². The smallest absolute Gasteiger partial charge is 0.172 e. The van der Waals surface area contributed by atoms with E-state index in [1.165, 1.54) is 0 Å². The average Bonchev–Trinajstić information content (AvgIpc) is 2.37. The first-order valence-corrected chi connectivity index (χ1v) is 6.65. The number of nitrogens with one attached hydrogen (secondary N) is 1. The number of nitrogens with zero attached hydrogens (tertiary/aromatic N) is 3. The van der Waals surface area contributed by atoms with Crippen LogP contribution in [0.25, 0.3) is 0 Å². The quantitative estimate of drug-likeness (QED) is 0.895. The summed E-state index contributed by atoms with van der Waals surface area (Å²) < 4.78 is 0.840. The van der Waals surface area contributed by atoms with Crippen LogP contribution in [0, 0.1) is 25.2 Å². The minimum absolute atomic E-state index is 0.287. The summed E-state index contributed by atoms with van der Waals surface area (Å²) in [6.07, 6.45) is 0. The lowest BCUT2D eigenvalue weighted by Gasteiger charge is -2.10. The van der Waals surface area contributed by atoms with Crippen molar-refractivity contribution in [3.63, 3.8) is 0 Å². The molecule has 19 heavy (non-hydrogen) atoms. The lowest BCUT2D eigenvalue weighted by molar-refractivity contribution is 1.05. The summed E-state index contributed by atoms with van der Waals surface area (Å²) in [6, 6.07) is 7.47. The highest BCUT2D eigenvalue weighted by Gasteiger charge is 2.10. The zero-order chi connectivity index (χ0) is 14.0. The highest BCUT2D eigenvalue weighted by molar-refractivity contribution is 9.10. The molecule has 1 aromatic heterocycles. The molecule has 0 unspecified atom stereocenters. The van der Waals surface area contributed by atoms with Gasteiger partial charge in [-0.2, -0.15) is 5.26 Å². The molecule has 0 amide bonds. The van der Waals surface area contributed by atoms with Crippen molar-refractivity contribution in [1.29, 1.82) is 5.26 Å². The van der Waals surface area contributed by atoms with Gasteiger partial charge in [0, 0.05) is 4.47 Å².